The number of ether oxygens (including phenoxy) is 8. The average Bonchev–Trinajstić information content (AvgIpc) is 0.869. The first kappa shape index (κ1) is 133. The van der Waals surface area contributed by atoms with Gasteiger partial charge >= 0.3 is 29.8 Å². The SMILES string of the molecule is O=CC(CCCCCCCCCCCCCCCCCC(=O)O)CNCC1CCC(C(=O)N[C@@H](CCC(=O)NCCOCCOCC(=O)NCCOCCOCC(=O)NCCCC[C@H](NC(=O)COCCOCCNC(=O)COCCOCCNC(=O)CC[C@H](NC(=O)C2CCC(CNC(=O)CCCCCCCCCCCCCCCCCCC(=O)O)CC2)C(=O)O)C(=O)NCCCC[C@H](NP)C(=O)O)C(=O)O)CC1. The van der Waals surface area contributed by atoms with Crippen molar-refractivity contribution in [2.24, 2.45) is 29.6 Å². The standard InChI is InChI=1S/C103H185N12O29P/c116-75-82(36-28-24-20-16-12-8-4-3-7-11-15-19-23-27-31-41-97(126)127)73-104-72-80-42-46-83(47-43-80)98(128)113-86(101(131)132)50-52-90(118)106-56-60-137-64-69-142-77-93(121)108-58-62-139-66-68-141-76-92(120)105-54-34-32-37-85(100(130)110-55-35-33-38-88(115-145)103(135)136)112-95(123)79-144-71-67-140-63-59-109-94(122)78-143-70-65-138-61-57-107-91(119)53-51-87(102(133)134)114-99(129)84-48-44-81(45-49-84)74-111-89(117)39-29-25-21-17-13-9-5-1-2-6-10-14-18-22-26-30-40-96(124)125/h75,80-88,104,115H,1-74,76-79,145H2,(H,105,120)(H,106,118)(H,107,119)(H,108,121)(H,109,122)(H,110,130)(H,111,117)(H,112,123)(H,113,128)(H,114,129)(H,124,125)(H,126,127)(H,131,132)(H,133,134)(H,135,136)/t80?,81?,82?,83?,84?,85-,86-,87-,88-/m0/s1. The minimum Gasteiger partial charge on any atom is -0.481 e. The minimum absolute atomic E-state index is 0.0188. The molecule has 2 rings (SSSR count). The number of carbonyl (C=O) groups excluding carboxylic acids is 11. The van der Waals surface area contributed by atoms with Gasteiger partial charge in [-0.3, -0.25) is 67.4 Å². The van der Waals surface area contributed by atoms with Gasteiger partial charge in [-0.2, -0.15) is 0 Å². The van der Waals surface area contributed by atoms with E-state index in [9.17, 15) is 92.0 Å². The number of carboxylic acids is 5. The Balaban J connectivity index is 1.47. The van der Waals surface area contributed by atoms with Gasteiger partial charge in [0, 0.05) is 102 Å². The largest absolute Gasteiger partial charge is 0.481 e. The molecule has 17 N–H and O–H groups in total. The van der Waals surface area contributed by atoms with Crippen LogP contribution in [0.5, 0.6) is 0 Å². The molecule has 2 saturated carbocycles. The van der Waals surface area contributed by atoms with E-state index in [1.54, 1.807) is 0 Å². The maximum Gasteiger partial charge on any atom is 0.326 e. The van der Waals surface area contributed by atoms with Crippen molar-refractivity contribution in [3.8, 4) is 0 Å². The zero-order valence-corrected chi connectivity index (χ0v) is 88.2. The third kappa shape index (κ3) is 80.4. The van der Waals surface area contributed by atoms with Gasteiger partial charge < -0.3 is 127 Å². The quantitative estimate of drug-likeness (QED) is 0.0153. The summed E-state index contributed by atoms with van der Waals surface area (Å²) in [6, 6.07) is -4.17. The third-order valence-electron chi connectivity index (χ3n) is 25.9. The molecule has 0 aliphatic heterocycles. The van der Waals surface area contributed by atoms with Crippen LogP contribution in [0.4, 0.5) is 0 Å². The molecule has 0 aromatic heterocycles. The molecule has 2 aliphatic rings. The number of amides is 10. The second-order valence-electron chi connectivity index (χ2n) is 38.3. The highest BCUT2D eigenvalue weighted by Crippen LogP contribution is 2.31. The van der Waals surface area contributed by atoms with Crippen LogP contribution in [0.2, 0.25) is 0 Å². The van der Waals surface area contributed by atoms with Crippen molar-refractivity contribution < 1.29 is 140 Å². The van der Waals surface area contributed by atoms with Crippen molar-refractivity contribution in [1.29, 1.82) is 0 Å². The molecule has 145 heavy (non-hydrogen) atoms. The third-order valence-corrected chi connectivity index (χ3v) is 26.3. The first-order valence-electron chi connectivity index (χ1n) is 54.4. The predicted molar refractivity (Wildman–Crippen MR) is 549 cm³/mol. The highest BCUT2D eigenvalue weighted by Gasteiger charge is 2.33. The molecule has 42 heteroatoms. The lowest BCUT2D eigenvalue weighted by molar-refractivity contribution is -0.143. The lowest BCUT2D eigenvalue weighted by atomic mass is 9.81. The van der Waals surface area contributed by atoms with Crippen LogP contribution in [0.1, 0.15) is 340 Å². The van der Waals surface area contributed by atoms with Gasteiger partial charge in [-0.1, -0.05) is 189 Å². The van der Waals surface area contributed by atoms with Crippen LogP contribution in [0.3, 0.4) is 0 Å². The summed E-state index contributed by atoms with van der Waals surface area (Å²) in [5, 5.41) is 79.8. The molecule has 0 aromatic rings. The summed E-state index contributed by atoms with van der Waals surface area (Å²) < 4.78 is 43.6. The van der Waals surface area contributed by atoms with Crippen molar-refractivity contribution in [3.63, 3.8) is 0 Å². The second-order valence-corrected chi connectivity index (χ2v) is 38.7. The minimum atomic E-state index is -1.24. The first-order chi connectivity index (χ1) is 70.3. The summed E-state index contributed by atoms with van der Waals surface area (Å²) in [5.74, 6) is -8.60. The predicted octanol–water partition coefficient (Wildman–Crippen LogP) is 9.13. The Kier molecular flexibility index (Phi) is 85.2. The molecule has 836 valence electrons. The summed E-state index contributed by atoms with van der Waals surface area (Å²) >= 11 is 0. The molecular formula is C103H185N12O29P. The van der Waals surface area contributed by atoms with E-state index in [0.29, 0.717) is 83.2 Å². The van der Waals surface area contributed by atoms with Crippen LogP contribution in [0, 0.1) is 29.6 Å². The number of nitrogens with one attached hydrogen (secondary N) is 12. The van der Waals surface area contributed by atoms with Gasteiger partial charge in [0.2, 0.25) is 59.1 Å². The maximum absolute atomic E-state index is 13.3. The number of carbonyl (C=O) groups is 16. The molecule has 10 amide bonds. The molecule has 2 fully saturated rings. The summed E-state index contributed by atoms with van der Waals surface area (Å²) in [4.78, 5) is 196. The van der Waals surface area contributed by atoms with Crippen molar-refractivity contribution in [3.05, 3.63) is 0 Å². The van der Waals surface area contributed by atoms with Gasteiger partial charge in [0.05, 0.1) is 79.3 Å². The average molecular weight is 2090 g/mol. The van der Waals surface area contributed by atoms with Crippen molar-refractivity contribution in [2.45, 2.75) is 364 Å². The fraction of sp³-hybridized carbons (Fsp3) is 0.845. The van der Waals surface area contributed by atoms with Crippen LogP contribution in [-0.4, -0.2) is 310 Å². The molecule has 0 saturated heterocycles. The number of aldehydes is 1. The summed E-state index contributed by atoms with van der Waals surface area (Å²) in [6.07, 6.45) is 46.4. The Morgan fingerprint density at radius 2 is 0.566 bits per heavy atom. The van der Waals surface area contributed by atoms with Crippen LogP contribution in [-0.2, 0) is 115 Å². The molecule has 0 radical (unpaired) electrons. The van der Waals surface area contributed by atoms with Crippen LogP contribution in [0.25, 0.3) is 0 Å². The Morgan fingerprint density at radius 3 is 0.917 bits per heavy atom. The monoisotopic (exact) mass is 2090 g/mol. The zero-order chi connectivity index (χ0) is 106. The Morgan fingerprint density at radius 1 is 0.269 bits per heavy atom. The number of hydrogen-bond donors (Lipinski definition) is 17. The molecule has 2 aliphatic carbocycles. The Labute approximate surface area is 862 Å². The second kappa shape index (κ2) is 93.1. The fourth-order valence-electron chi connectivity index (χ4n) is 17.2. The van der Waals surface area contributed by atoms with E-state index >= 15 is 0 Å². The first-order valence-corrected chi connectivity index (χ1v) is 55.0. The van der Waals surface area contributed by atoms with Crippen molar-refractivity contribution in [1.82, 2.24) is 63.6 Å². The molecular weight excluding hydrogens is 1900 g/mol. The fourth-order valence-corrected chi connectivity index (χ4v) is 17.5. The lowest BCUT2D eigenvalue weighted by Gasteiger charge is -2.29. The molecule has 6 atom stereocenters. The van der Waals surface area contributed by atoms with Gasteiger partial charge in [-0.25, -0.2) is 9.59 Å². The highest BCUT2D eigenvalue weighted by molar-refractivity contribution is 7.13. The van der Waals surface area contributed by atoms with Crippen LogP contribution < -0.4 is 63.6 Å². The highest BCUT2D eigenvalue weighted by atomic mass is 31.0. The lowest BCUT2D eigenvalue weighted by Crippen LogP contribution is -2.48. The Hall–Kier alpha value is -8.25. The van der Waals surface area contributed by atoms with E-state index in [1.807, 2.05) is 0 Å². The van der Waals surface area contributed by atoms with Gasteiger partial charge in [0.15, 0.2) is 0 Å². The van der Waals surface area contributed by atoms with Gasteiger partial charge in [-0.15, -0.1) is 0 Å². The molecule has 0 spiro atoms. The molecule has 2 unspecified atom stereocenters. The molecule has 0 bridgehead atoms. The number of carboxylic acid groups (broad SMARTS) is 5. The number of rotatable bonds is 102. The van der Waals surface area contributed by atoms with Crippen LogP contribution >= 0.6 is 9.39 Å². The summed E-state index contributed by atoms with van der Waals surface area (Å²) in [6.45, 7) is 3.27. The molecule has 41 nitrogen and oxygen atoms in total. The van der Waals surface area contributed by atoms with E-state index < -0.39 is 83.5 Å². The Bertz CT molecular complexity index is 3480. The summed E-state index contributed by atoms with van der Waals surface area (Å²) in [7, 11) is 2.18. The molecule has 0 heterocycles. The number of unbranched alkanes of at least 4 members (excludes halogenated alkanes) is 31. The topological polar surface area (TPSA) is 592 Å². The smallest absolute Gasteiger partial charge is 0.326 e. The van der Waals surface area contributed by atoms with Crippen molar-refractivity contribution >= 4 is 105 Å². The van der Waals surface area contributed by atoms with Crippen LogP contribution in [0.15, 0.2) is 0 Å². The van der Waals surface area contributed by atoms with Gasteiger partial charge in [0.25, 0.3) is 0 Å². The zero-order valence-electron chi connectivity index (χ0n) is 87.0. The normalized spacial score (nSPS) is 15.6. The van der Waals surface area contributed by atoms with E-state index in [1.165, 1.54) is 128 Å². The van der Waals surface area contributed by atoms with Gasteiger partial charge in [-0.05, 0) is 147 Å². The summed E-state index contributed by atoms with van der Waals surface area (Å²) in [5.41, 5.74) is 0. The molecule has 0 aromatic carbocycles. The van der Waals surface area contributed by atoms with E-state index in [2.05, 4.69) is 73.0 Å². The van der Waals surface area contributed by atoms with E-state index in [-0.39, 0.29) is 243 Å². The number of hydrogen-bond acceptors (Lipinski definition) is 26. The van der Waals surface area contributed by atoms with Gasteiger partial charge in [0.1, 0.15) is 56.9 Å². The number of aliphatic carboxylic acids is 5. The van der Waals surface area contributed by atoms with Crippen molar-refractivity contribution in [2.75, 3.05) is 165 Å². The maximum atomic E-state index is 13.3. The van der Waals surface area contributed by atoms with E-state index in [0.717, 1.165) is 116 Å². The van der Waals surface area contributed by atoms with E-state index in [4.69, 9.17) is 48.1 Å².